The SMILES string of the molecule is CCNC(Cc1ccnc2ccccc12)C(F)F. The molecule has 96 valence electrons. The number of fused-ring (bicyclic) bond motifs is 1. The third-order valence-electron chi connectivity index (χ3n) is 2.95. The Morgan fingerprint density at radius 3 is 2.72 bits per heavy atom. The Hall–Kier alpha value is -1.55. The Morgan fingerprint density at radius 2 is 2.00 bits per heavy atom. The van der Waals surface area contributed by atoms with Crippen molar-refractivity contribution in [2.45, 2.75) is 25.8 Å². The van der Waals surface area contributed by atoms with Gasteiger partial charge in [0.1, 0.15) is 0 Å². The monoisotopic (exact) mass is 250 g/mol. The molecular weight excluding hydrogens is 234 g/mol. The summed E-state index contributed by atoms with van der Waals surface area (Å²) >= 11 is 0. The van der Waals surface area contributed by atoms with Crippen LogP contribution in [-0.4, -0.2) is 24.0 Å². The summed E-state index contributed by atoms with van der Waals surface area (Å²) in [6.45, 7) is 2.37. The zero-order valence-electron chi connectivity index (χ0n) is 10.2. The Balaban J connectivity index is 2.30. The molecule has 0 fully saturated rings. The fraction of sp³-hybridized carbons (Fsp3) is 0.357. The zero-order valence-corrected chi connectivity index (χ0v) is 10.2. The highest BCUT2D eigenvalue weighted by Crippen LogP contribution is 2.19. The lowest BCUT2D eigenvalue weighted by atomic mass is 10.0. The van der Waals surface area contributed by atoms with Crippen LogP contribution in [-0.2, 0) is 6.42 Å². The molecule has 1 heterocycles. The first-order chi connectivity index (χ1) is 8.72. The van der Waals surface area contributed by atoms with Gasteiger partial charge in [-0.2, -0.15) is 0 Å². The fourth-order valence-electron chi connectivity index (χ4n) is 2.08. The van der Waals surface area contributed by atoms with Crippen LogP contribution >= 0.6 is 0 Å². The lowest BCUT2D eigenvalue weighted by Gasteiger charge is -2.17. The number of rotatable bonds is 5. The van der Waals surface area contributed by atoms with Crippen LogP contribution in [0.5, 0.6) is 0 Å². The van der Waals surface area contributed by atoms with Crippen molar-refractivity contribution in [3.05, 3.63) is 42.1 Å². The molecule has 0 aliphatic rings. The molecule has 0 spiro atoms. The van der Waals surface area contributed by atoms with Gasteiger partial charge in [0.25, 0.3) is 6.43 Å². The summed E-state index contributed by atoms with van der Waals surface area (Å²) < 4.78 is 25.8. The third-order valence-corrected chi connectivity index (χ3v) is 2.95. The lowest BCUT2D eigenvalue weighted by molar-refractivity contribution is 0.0992. The van der Waals surface area contributed by atoms with E-state index < -0.39 is 12.5 Å². The molecule has 2 rings (SSSR count). The number of nitrogens with zero attached hydrogens (tertiary/aromatic N) is 1. The van der Waals surface area contributed by atoms with Crippen LogP contribution < -0.4 is 5.32 Å². The van der Waals surface area contributed by atoms with E-state index in [-0.39, 0.29) is 0 Å². The van der Waals surface area contributed by atoms with Crippen LogP contribution in [0.25, 0.3) is 10.9 Å². The van der Waals surface area contributed by atoms with Gasteiger partial charge in [-0.15, -0.1) is 0 Å². The number of para-hydroxylation sites is 1. The molecule has 0 bridgehead atoms. The second-order valence-electron chi connectivity index (χ2n) is 4.19. The van der Waals surface area contributed by atoms with Crippen LogP contribution in [0, 0.1) is 0 Å². The van der Waals surface area contributed by atoms with Gasteiger partial charge in [-0.05, 0) is 30.7 Å². The number of aromatic nitrogens is 1. The van der Waals surface area contributed by atoms with Crippen molar-refractivity contribution in [1.29, 1.82) is 0 Å². The third kappa shape index (κ3) is 2.82. The van der Waals surface area contributed by atoms with Gasteiger partial charge < -0.3 is 5.32 Å². The molecule has 1 aromatic carbocycles. The van der Waals surface area contributed by atoms with Crippen molar-refractivity contribution in [1.82, 2.24) is 10.3 Å². The number of benzene rings is 1. The molecule has 1 unspecified atom stereocenters. The average molecular weight is 250 g/mol. The average Bonchev–Trinajstić information content (AvgIpc) is 2.38. The molecule has 0 saturated carbocycles. The first-order valence-corrected chi connectivity index (χ1v) is 6.06. The molecule has 1 aromatic heterocycles. The van der Waals surface area contributed by atoms with Crippen molar-refractivity contribution in [3.63, 3.8) is 0 Å². The quantitative estimate of drug-likeness (QED) is 0.882. The topological polar surface area (TPSA) is 24.9 Å². The van der Waals surface area contributed by atoms with Crippen LogP contribution in [0.4, 0.5) is 8.78 Å². The van der Waals surface area contributed by atoms with Gasteiger partial charge in [0.05, 0.1) is 11.6 Å². The smallest absolute Gasteiger partial charge is 0.254 e. The summed E-state index contributed by atoms with van der Waals surface area (Å²) in [4.78, 5) is 4.23. The van der Waals surface area contributed by atoms with E-state index in [1.165, 1.54) is 0 Å². The van der Waals surface area contributed by atoms with Gasteiger partial charge in [-0.3, -0.25) is 4.98 Å². The maximum atomic E-state index is 12.9. The maximum absolute atomic E-state index is 12.9. The minimum atomic E-state index is -2.36. The van der Waals surface area contributed by atoms with Crippen LogP contribution in [0.3, 0.4) is 0 Å². The molecule has 2 nitrogen and oxygen atoms in total. The highest BCUT2D eigenvalue weighted by atomic mass is 19.3. The number of halogens is 2. The number of alkyl halides is 2. The lowest BCUT2D eigenvalue weighted by Crippen LogP contribution is -2.37. The van der Waals surface area contributed by atoms with E-state index in [1.807, 2.05) is 37.3 Å². The van der Waals surface area contributed by atoms with Crippen LogP contribution in [0.1, 0.15) is 12.5 Å². The molecule has 0 aliphatic carbocycles. The summed E-state index contributed by atoms with van der Waals surface area (Å²) in [6.07, 6.45) is -0.377. The van der Waals surface area contributed by atoms with Crippen molar-refractivity contribution >= 4 is 10.9 Å². The van der Waals surface area contributed by atoms with Crippen molar-refractivity contribution in [2.75, 3.05) is 6.54 Å². The first-order valence-electron chi connectivity index (χ1n) is 6.06. The Kier molecular flexibility index (Phi) is 4.20. The van der Waals surface area contributed by atoms with Gasteiger partial charge in [0.2, 0.25) is 0 Å². The van der Waals surface area contributed by atoms with E-state index in [1.54, 1.807) is 6.20 Å². The van der Waals surface area contributed by atoms with E-state index in [9.17, 15) is 8.78 Å². The zero-order chi connectivity index (χ0) is 13.0. The Bertz CT molecular complexity index is 509. The van der Waals surface area contributed by atoms with Crippen molar-refractivity contribution in [3.8, 4) is 0 Å². The van der Waals surface area contributed by atoms with Gasteiger partial charge in [0.15, 0.2) is 0 Å². The normalized spacial score (nSPS) is 13.1. The maximum Gasteiger partial charge on any atom is 0.254 e. The minimum Gasteiger partial charge on any atom is -0.309 e. The van der Waals surface area contributed by atoms with E-state index in [0.29, 0.717) is 13.0 Å². The first kappa shape index (κ1) is 12.9. The summed E-state index contributed by atoms with van der Waals surface area (Å²) in [5.41, 5.74) is 1.76. The van der Waals surface area contributed by atoms with Gasteiger partial charge >= 0.3 is 0 Å². The molecule has 0 saturated heterocycles. The van der Waals surface area contributed by atoms with Gasteiger partial charge in [-0.25, -0.2) is 8.78 Å². The van der Waals surface area contributed by atoms with E-state index >= 15 is 0 Å². The predicted octanol–water partition coefficient (Wildman–Crippen LogP) is 3.02. The molecule has 0 aliphatic heterocycles. The Morgan fingerprint density at radius 1 is 1.22 bits per heavy atom. The minimum absolute atomic E-state index is 0.314. The molecule has 1 atom stereocenters. The highest BCUT2D eigenvalue weighted by molar-refractivity contribution is 5.81. The second kappa shape index (κ2) is 5.87. The highest BCUT2D eigenvalue weighted by Gasteiger charge is 2.20. The largest absolute Gasteiger partial charge is 0.309 e. The van der Waals surface area contributed by atoms with Crippen molar-refractivity contribution < 1.29 is 8.78 Å². The second-order valence-corrected chi connectivity index (χ2v) is 4.19. The van der Waals surface area contributed by atoms with E-state index in [0.717, 1.165) is 16.5 Å². The molecule has 4 heteroatoms. The van der Waals surface area contributed by atoms with Gasteiger partial charge in [-0.1, -0.05) is 25.1 Å². The molecule has 0 radical (unpaired) electrons. The molecule has 1 N–H and O–H groups in total. The van der Waals surface area contributed by atoms with E-state index in [2.05, 4.69) is 10.3 Å². The van der Waals surface area contributed by atoms with E-state index in [4.69, 9.17) is 0 Å². The molecule has 2 aromatic rings. The molecule has 0 amide bonds. The number of likely N-dealkylation sites (N-methyl/N-ethyl adjacent to an activating group) is 1. The molecule has 18 heavy (non-hydrogen) atoms. The van der Waals surface area contributed by atoms with Crippen LogP contribution in [0.2, 0.25) is 0 Å². The number of hydrogen-bond donors (Lipinski definition) is 1. The van der Waals surface area contributed by atoms with Crippen LogP contribution in [0.15, 0.2) is 36.5 Å². The summed E-state index contributed by atoms with van der Waals surface area (Å²) in [5, 5.41) is 3.77. The predicted molar refractivity (Wildman–Crippen MR) is 68.9 cm³/mol. The number of pyridine rings is 1. The molecular formula is C14H16F2N2. The summed E-state index contributed by atoms with van der Waals surface area (Å²) in [5.74, 6) is 0. The fourth-order valence-corrected chi connectivity index (χ4v) is 2.08. The van der Waals surface area contributed by atoms with Gasteiger partial charge in [0, 0.05) is 11.6 Å². The standard InChI is InChI=1S/C14H16F2N2/c1-2-17-13(14(15)16)9-10-7-8-18-12-6-4-3-5-11(10)12/h3-8,13-14,17H,2,9H2,1H3. The number of nitrogens with one attached hydrogen (secondary N) is 1. The summed E-state index contributed by atoms with van der Waals surface area (Å²) in [6, 6.07) is 8.62. The summed E-state index contributed by atoms with van der Waals surface area (Å²) in [7, 11) is 0. The van der Waals surface area contributed by atoms with Crippen molar-refractivity contribution in [2.24, 2.45) is 0 Å². The Labute approximate surface area is 105 Å². The number of hydrogen-bond acceptors (Lipinski definition) is 2.